The first-order valence-corrected chi connectivity index (χ1v) is 10.4. The first-order valence-electron chi connectivity index (χ1n) is 10.0. The zero-order valence-electron chi connectivity index (χ0n) is 18.0. The molecule has 31 heavy (non-hydrogen) atoms. The quantitative estimate of drug-likeness (QED) is 0.729. The van der Waals surface area contributed by atoms with E-state index in [4.69, 9.17) is 11.6 Å². The van der Waals surface area contributed by atoms with Gasteiger partial charge in [-0.05, 0) is 63.1 Å². The molecule has 0 aromatic heterocycles. The summed E-state index contributed by atoms with van der Waals surface area (Å²) in [7, 11) is 0. The number of hydrazone groups is 1. The topological polar surface area (TPSA) is 90.9 Å². The van der Waals surface area contributed by atoms with Crippen LogP contribution in [0.1, 0.15) is 48.2 Å². The fraction of sp³-hybridized carbons (Fsp3) is 0.304. The first kappa shape index (κ1) is 22.5. The number of hydrogen-bond acceptors (Lipinski definition) is 4. The third-order valence-corrected chi connectivity index (χ3v) is 5.11. The summed E-state index contributed by atoms with van der Waals surface area (Å²) in [4.78, 5) is 37.6. The molecule has 0 atom stereocenters. The summed E-state index contributed by atoms with van der Waals surface area (Å²) in [5.41, 5.74) is 3.43. The highest BCUT2D eigenvalue weighted by molar-refractivity contribution is 6.45. The van der Waals surface area contributed by atoms with E-state index in [0.717, 1.165) is 11.1 Å². The van der Waals surface area contributed by atoms with E-state index in [-0.39, 0.29) is 36.4 Å². The zero-order valence-corrected chi connectivity index (χ0v) is 18.7. The molecule has 8 heteroatoms. The molecule has 0 spiro atoms. The van der Waals surface area contributed by atoms with Gasteiger partial charge in [-0.2, -0.15) is 5.10 Å². The molecule has 1 aliphatic heterocycles. The lowest BCUT2D eigenvalue weighted by Gasteiger charge is -2.25. The number of aryl methyl sites for hydroxylation is 2. The Bertz CT molecular complexity index is 1080. The van der Waals surface area contributed by atoms with Crippen molar-refractivity contribution in [3.05, 3.63) is 58.1 Å². The summed E-state index contributed by atoms with van der Waals surface area (Å²) < 4.78 is 0. The Balaban J connectivity index is 1.85. The average molecular weight is 441 g/mol. The lowest BCUT2D eigenvalue weighted by Crippen LogP contribution is -2.36. The van der Waals surface area contributed by atoms with Gasteiger partial charge in [-0.15, -0.1) is 0 Å². The highest BCUT2D eigenvalue weighted by Gasteiger charge is 2.27. The van der Waals surface area contributed by atoms with Crippen LogP contribution in [0.2, 0.25) is 5.02 Å². The maximum Gasteiger partial charge on any atom is 0.271 e. The molecular weight excluding hydrogens is 416 g/mol. The van der Waals surface area contributed by atoms with Crippen molar-refractivity contribution in [1.82, 2.24) is 5.32 Å². The number of benzene rings is 2. The fourth-order valence-electron chi connectivity index (χ4n) is 3.15. The molecule has 0 saturated heterocycles. The summed E-state index contributed by atoms with van der Waals surface area (Å²) in [5, 5.41) is 11.4. The smallest absolute Gasteiger partial charge is 0.271 e. The van der Waals surface area contributed by atoms with Crippen LogP contribution >= 0.6 is 11.6 Å². The van der Waals surface area contributed by atoms with Crippen molar-refractivity contribution < 1.29 is 14.4 Å². The van der Waals surface area contributed by atoms with Crippen LogP contribution in [0, 0.1) is 13.8 Å². The van der Waals surface area contributed by atoms with Gasteiger partial charge >= 0.3 is 0 Å². The number of nitrogens with zero attached hydrogens (tertiary/aromatic N) is 2. The molecule has 0 saturated carbocycles. The number of halogens is 1. The summed E-state index contributed by atoms with van der Waals surface area (Å²) >= 11 is 6.22. The third-order valence-electron chi connectivity index (χ3n) is 4.78. The maximum absolute atomic E-state index is 12.9. The minimum atomic E-state index is -0.467. The van der Waals surface area contributed by atoms with Crippen molar-refractivity contribution in [2.45, 2.75) is 46.6 Å². The van der Waals surface area contributed by atoms with Gasteiger partial charge in [0.1, 0.15) is 5.71 Å². The molecule has 0 fully saturated rings. The lowest BCUT2D eigenvalue weighted by atomic mass is 10.1. The highest BCUT2D eigenvalue weighted by atomic mass is 35.5. The van der Waals surface area contributed by atoms with Gasteiger partial charge in [0.15, 0.2) is 0 Å². The molecule has 1 heterocycles. The Labute approximate surface area is 186 Å². The van der Waals surface area contributed by atoms with E-state index in [1.54, 1.807) is 12.1 Å². The summed E-state index contributed by atoms with van der Waals surface area (Å²) in [6, 6.07) is 10.4. The van der Waals surface area contributed by atoms with Gasteiger partial charge in [-0.25, -0.2) is 5.01 Å². The molecule has 2 aromatic rings. The number of amides is 3. The van der Waals surface area contributed by atoms with Crippen molar-refractivity contribution in [3.8, 4) is 0 Å². The molecule has 2 N–H and O–H groups in total. The van der Waals surface area contributed by atoms with Gasteiger partial charge < -0.3 is 10.6 Å². The Morgan fingerprint density at radius 3 is 2.52 bits per heavy atom. The molecule has 0 aliphatic carbocycles. The van der Waals surface area contributed by atoms with Gasteiger partial charge in [-0.3, -0.25) is 14.4 Å². The molecular formula is C23H25ClN4O3. The normalized spacial score (nSPS) is 13.8. The Hall–Kier alpha value is -3.19. The number of nitrogens with one attached hydrogen (secondary N) is 2. The number of carbonyl (C=O) groups excluding carboxylic acids is 3. The summed E-state index contributed by atoms with van der Waals surface area (Å²) in [6.45, 7) is 7.54. The molecule has 0 bridgehead atoms. The van der Waals surface area contributed by atoms with Crippen LogP contribution < -0.4 is 15.6 Å². The van der Waals surface area contributed by atoms with Crippen molar-refractivity contribution in [1.29, 1.82) is 0 Å². The first-order chi connectivity index (χ1) is 14.7. The molecule has 0 unspecified atom stereocenters. The van der Waals surface area contributed by atoms with Gasteiger partial charge in [0, 0.05) is 24.4 Å². The highest BCUT2D eigenvalue weighted by Crippen LogP contribution is 2.27. The van der Waals surface area contributed by atoms with E-state index in [1.165, 1.54) is 11.1 Å². The van der Waals surface area contributed by atoms with Crippen LogP contribution in [-0.2, 0) is 9.59 Å². The number of hydrogen-bond donors (Lipinski definition) is 2. The minimum Gasteiger partial charge on any atom is -0.350 e. The predicted octanol–water partition coefficient (Wildman–Crippen LogP) is 4.22. The fourth-order valence-corrected chi connectivity index (χ4v) is 3.32. The molecule has 1 aliphatic rings. The third kappa shape index (κ3) is 5.30. The van der Waals surface area contributed by atoms with Crippen LogP contribution in [0.3, 0.4) is 0 Å². The van der Waals surface area contributed by atoms with Crippen molar-refractivity contribution in [2.24, 2.45) is 5.10 Å². The second kappa shape index (κ2) is 9.31. The van der Waals surface area contributed by atoms with Gasteiger partial charge in [0.2, 0.25) is 5.91 Å². The second-order valence-electron chi connectivity index (χ2n) is 7.82. The lowest BCUT2D eigenvalue weighted by molar-refractivity contribution is -0.118. The Morgan fingerprint density at radius 2 is 1.81 bits per heavy atom. The monoisotopic (exact) mass is 440 g/mol. The Kier molecular flexibility index (Phi) is 6.75. The van der Waals surface area contributed by atoms with Gasteiger partial charge in [0.05, 0.1) is 16.4 Å². The SMILES string of the molecule is Cc1ccc(C)c(N2N=C(C(=O)Nc3cc(C(=O)NC(C)C)ccc3Cl)CCC2=O)c1. The number of rotatable bonds is 5. The molecule has 7 nitrogen and oxygen atoms in total. The van der Waals surface area contributed by atoms with E-state index < -0.39 is 5.91 Å². The molecule has 3 rings (SSSR count). The van der Waals surface area contributed by atoms with Crippen LogP contribution in [0.25, 0.3) is 0 Å². The summed E-state index contributed by atoms with van der Waals surface area (Å²) in [5.74, 6) is -0.898. The average Bonchev–Trinajstić information content (AvgIpc) is 2.71. The van der Waals surface area contributed by atoms with Gasteiger partial charge in [-0.1, -0.05) is 23.7 Å². The predicted molar refractivity (Wildman–Crippen MR) is 123 cm³/mol. The molecule has 3 amide bonds. The van der Waals surface area contributed by atoms with Crippen molar-refractivity contribution >= 4 is 46.4 Å². The van der Waals surface area contributed by atoms with E-state index >= 15 is 0 Å². The van der Waals surface area contributed by atoms with Crippen molar-refractivity contribution in [2.75, 3.05) is 10.3 Å². The minimum absolute atomic E-state index is 0.0218. The molecule has 0 radical (unpaired) electrons. The van der Waals surface area contributed by atoms with Crippen LogP contribution in [0.5, 0.6) is 0 Å². The van der Waals surface area contributed by atoms with E-state index in [9.17, 15) is 14.4 Å². The largest absolute Gasteiger partial charge is 0.350 e. The van der Waals surface area contributed by atoms with Crippen molar-refractivity contribution in [3.63, 3.8) is 0 Å². The van der Waals surface area contributed by atoms with Crippen LogP contribution in [-0.4, -0.2) is 29.5 Å². The van der Waals surface area contributed by atoms with Gasteiger partial charge in [0.25, 0.3) is 11.8 Å². The van der Waals surface area contributed by atoms with E-state index in [0.29, 0.717) is 22.0 Å². The Morgan fingerprint density at radius 1 is 1.06 bits per heavy atom. The van der Waals surface area contributed by atoms with E-state index in [2.05, 4.69) is 15.7 Å². The molecule has 162 valence electrons. The van der Waals surface area contributed by atoms with E-state index in [1.807, 2.05) is 45.9 Å². The zero-order chi connectivity index (χ0) is 22.7. The standard InChI is InChI=1S/C23H25ClN4O3/c1-13(2)25-22(30)16-7-8-17(24)19(12-16)26-23(31)18-9-10-21(29)28(27-18)20-11-14(3)5-6-15(20)4/h5-8,11-13H,9-10H2,1-4H3,(H,25,30)(H,26,31). The van der Waals surface area contributed by atoms with Crippen LogP contribution in [0.4, 0.5) is 11.4 Å². The second-order valence-corrected chi connectivity index (χ2v) is 8.23. The number of anilines is 2. The van der Waals surface area contributed by atoms with Crippen LogP contribution in [0.15, 0.2) is 41.5 Å². The summed E-state index contributed by atoms with van der Waals surface area (Å²) in [6.07, 6.45) is 0.390. The molecule has 2 aromatic carbocycles. The number of carbonyl (C=O) groups is 3. The maximum atomic E-state index is 12.9.